The van der Waals surface area contributed by atoms with Crippen LogP contribution in [0.4, 0.5) is 5.69 Å². The number of ether oxygens (including phenoxy) is 1. The molecule has 17 heavy (non-hydrogen) atoms. The zero-order chi connectivity index (χ0) is 13.2. The Morgan fingerprint density at radius 2 is 2.24 bits per heavy atom. The Kier molecular flexibility index (Phi) is 4.34. The van der Waals surface area contributed by atoms with Crippen LogP contribution >= 0.6 is 11.6 Å². The third-order valence-corrected chi connectivity index (χ3v) is 2.70. The average molecular weight is 259 g/mol. The summed E-state index contributed by atoms with van der Waals surface area (Å²) in [4.78, 5) is 11.4. The fraction of sp³-hybridized carbons (Fsp3) is 0.364. The molecule has 0 bridgehead atoms. The normalized spacial score (nSPS) is 10.2. The van der Waals surface area contributed by atoms with Crippen molar-refractivity contribution in [2.45, 2.75) is 20.8 Å². The van der Waals surface area contributed by atoms with Gasteiger partial charge < -0.3 is 15.2 Å². The second-order valence-corrected chi connectivity index (χ2v) is 3.88. The summed E-state index contributed by atoms with van der Waals surface area (Å²) in [7, 11) is 0. The standard InChI is InChI=1S/C11H13ClNO4/c1-4-17-11-8(7(3)14)5-9(12)6(2)10(11)13(15)16/h5,15H,4H2,1-3H3/q-1. The SMILES string of the molecule is CCOc1c(C(C)=O)cc(Cl)c(C)c1N([O-])O. The van der Waals surface area contributed by atoms with Crippen LogP contribution in [0.5, 0.6) is 5.75 Å². The van der Waals surface area contributed by atoms with Crippen molar-refractivity contribution >= 4 is 23.1 Å². The molecule has 94 valence electrons. The van der Waals surface area contributed by atoms with E-state index in [0.717, 1.165) is 0 Å². The second kappa shape index (κ2) is 5.35. The quantitative estimate of drug-likeness (QED) is 0.664. The maximum absolute atomic E-state index is 11.4. The first-order valence-electron chi connectivity index (χ1n) is 5.03. The molecule has 0 unspecified atom stereocenters. The van der Waals surface area contributed by atoms with Crippen molar-refractivity contribution in [1.82, 2.24) is 0 Å². The number of rotatable bonds is 4. The highest BCUT2D eigenvalue weighted by atomic mass is 35.5. The van der Waals surface area contributed by atoms with Crippen molar-refractivity contribution in [2.24, 2.45) is 0 Å². The Morgan fingerprint density at radius 1 is 1.65 bits per heavy atom. The summed E-state index contributed by atoms with van der Waals surface area (Å²) in [6.45, 7) is 4.87. The maximum Gasteiger partial charge on any atom is 0.163 e. The minimum Gasteiger partial charge on any atom is -0.733 e. The zero-order valence-corrected chi connectivity index (χ0v) is 10.5. The van der Waals surface area contributed by atoms with E-state index in [2.05, 4.69) is 0 Å². The van der Waals surface area contributed by atoms with E-state index in [1.165, 1.54) is 13.0 Å². The van der Waals surface area contributed by atoms with Crippen molar-refractivity contribution < 1.29 is 14.7 Å². The molecule has 1 rings (SSSR count). The van der Waals surface area contributed by atoms with Crippen molar-refractivity contribution in [2.75, 3.05) is 11.8 Å². The zero-order valence-electron chi connectivity index (χ0n) is 9.78. The van der Waals surface area contributed by atoms with Gasteiger partial charge in [0.1, 0.15) is 0 Å². The lowest BCUT2D eigenvalue weighted by atomic mass is 10.1. The molecule has 0 aliphatic rings. The smallest absolute Gasteiger partial charge is 0.163 e. The molecule has 0 fully saturated rings. The second-order valence-electron chi connectivity index (χ2n) is 3.47. The summed E-state index contributed by atoms with van der Waals surface area (Å²) < 4.78 is 5.25. The first-order chi connectivity index (χ1) is 7.90. The Balaban J connectivity index is 3.57. The molecular formula is C11H13ClNO4-. The van der Waals surface area contributed by atoms with Crippen LogP contribution in [-0.2, 0) is 0 Å². The number of Topliss-reactive ketones (excluding diaryl/α,β-unsaturated/α-hetero) is 1. The topological polar surface area (TPSA) is 72.8 Å². The summed E-state index contributed by atoms with van der Waals surface area (Å²) in [5.41, 5.74) is 0.398. The molecule has 0 spiro atoms. The van der Waals surface area contributed by atoms with Gasteiger partial charge in [0, 0.05) is 5.02 Å². The number of carbonyl (C=O) groups is 1. The first kappa shape index (κ1) is 13.8. The number of benzene rings is 1. The van der Waals surface area contributed by atoms with E-state index in [-0.39, 0.29) is 39.6 Å². The number of carbonyl (C=O) groups excluding carboxylic acids is 1. The van der Waals surface area contributed by atoms with Crippen molar-refractivity contribution in [3.63, 3.8) is 0 Å². The van der Waals surface area contributed by atoms with Gasteiger partial charge in [-0.25, -0.2) is 0 Å². The molecule has 5 nitrogen and oxygen atoms in total. The molecule has 0 radical (unpaired) electrons. The summed E-state index contributed by atoms with van der Waals surface area (Å²) in [6.07, 6.45) is 0. The first-order valence-corrected chi connectivity index (χ1v) is 5.40. The van der Waals surface area contributed by atoms with Crippen LogP contribution in [0.15, 0.2) is 6.07 Å². The van der Waals surface area contributed by atoms with E-state index >= 15 is 0 Å². The van der Waals surface area contributed by atoms with Gasteiger partial charge in [0.25, 0.3) is 0 Å². The highest BCUT2D eigenvalue weighted by Gasteiger charge is 2.19. The average Bonchev–Trinajstić information content (AvgIpc) is 2.22. The molecule has 1 aromatic rings. The van der Waals surface area contributed by atoms with Gasteiger partial charge in [-0.05, 0) is 32.4 Å². The number of hydrogen-bond donors (Lipinski definition) is 1. The summed E-state index contributed by atoms with van der Waals surface area (Å²) in [5, 5.41) is 20.1. The minimum atomic E-state index is -0.335. The van der Waals surface area contributed by atoms with E-state index in [4.69, 9.17) is 21.5 Å². The van der Waals surface area contributed by atoms with Crippen LogP contribution in [0.1, 0.15) is 29.8 Å². The maximum atomic E-state index is 11.4. The van der Waals surface area contributed by atoms with Crippen molar-refractivity contribution in [3.8, 4) is 5.75 Å². The van der Waals surface area contributed by atoms with Crippen LogP contribution in [0.2, 0.25) is 5.02 Å². The Labute approximate surface area is 104 Å². The molecule has 0 atom stereocenters. The van der Waals surface area contributed by atoms with Crippen LogP contribution in [0, 0.1) is 12.1 Å². The lowest BCUT2D eigenvalue weighted by Crippen LogP contribution is -2.14. The third kappa shape index (κ3) is 2.69. The van der Waals surface area contributed by atoms with E-state index in [9.17, 15) is 10.0 Å². The van der Waals surface area contributed by atoms with Crippen LogP contribution in [0.25, 0.3) is 0 Å². The monoisotopic (exact) mass is 258 g/mol. The number of hydrogen-bond acceptors (Lipinski definition) is 5. The van der Waals surface area contributed by atoms with Gasteiger partial charge in [-0.2, -0.15) is 0 Å². The molecule has 1 aromatic carbocycles. The van der Waals surface area contributed by atoms with Crippen molar-refractivity contribution in [3.05, 3.63) is 27.4 Å². The molecule has 0 heterocycles. The molecule has 0 saturated heterocycles. The fourth-order valence-corrected chi connectivity index (χ4v) is 1.69. The summed E-state index contributed by atoms with van der Waals surface area (Å²) in [6, 6.07) is 1.43. The molecule has 0 aliphatic heterocycles. The van der Waals surface area contributed by atoms with Gasteiger partial charge in [0.2, 0.25) is 0 Å². The fourth-order valence-electron chi connectivity index (χ4n) is 1.49. The van der Waals surface area contributed by atoms with E-state index in [1.807, 2.05) is 0 Å². The Morgan fingerprint density at radius 3 is 2.65 bits per heavy atom. The predicted molar refractivity (Wildman–Crippen MR) is 65.0 cm³/mol. The Hall–Kier alpha value is -1.30. The number of nitrogens with zero attached hydrogens (tertiary/aromatic N) is 1. The van der Waals surface area contributed by atoms with Gasteiger partial charge in [0.15, 0.2) is 11.5 Å². The number of halogens is 1. The largest absolute Gasteiger partial charge is 0.733 e. The lowest BCUT2D eigenvalue weighted by Gasteiger charge is -2.27. The van der Waals surface area contributed by atoms with Crippen LogP contribution < -0.4 is 9.96 Å². The minimum absolute atomic E-state index is 0.0550. The Bertz CT molecular complexity index is 446. The number of ketones is 1. The molecule has 6 heteroatoms. The van der Waals surface area contributed by atoms with Gasteiger partial charge in [-0.1, -0.05) is 11.6 Å². The molecular weight excluding hydrogens is 246 g/mol. The van der Waals surface area contributed by atoms with Gasteiger partial charge >= 0.3 is 0 Å². The summed E-state index contributed by atoms with van der Waals surface area (Å²) in [5.74, 6) is -0.238. The van der Waals surface area contributed by atoms with E-state index in [0.29, 0.717) is 5.56 Å². The number of anilines is 1. The molecule has 0 aromatic heterocycles. The molecule has 0 saturated carbocycles. The van der Waals surface area contributed by atoms with Gasteiger partial charge in [-0.15, -0.1) is 0 Å². The summed E-state index contributed by atoms with van der Waals surface area (Å²) >= 11 is 5.89. The van der Waals surface area contributed by atoms with E-state index in [1.54, 1.807) is 13.8 Å². The van der Waals surface area contributed by atoms with E-state index < -0.39 is 0 Å². The van der Waals surface area contributed by atoms with Gasteiger partial charge in [0.05, 0.1) is 17.9 Å². The lowest BCUT2D eigenvalue weighted by molar-refractivity contribution is 0.101. The van der Waals surface area contributed by atoms with Crippen molar-refractivity contribution in [1.29, 1.82) is 0 Å². The third-order valence-electron chi connectivity index (χ3n) is 2.30. The molecule has 0 aliphatic carbocycles. The van der Waals surface area contributed by atoms with Crippen LogP contribution in [-0.4, -0.2) is 17.6 Å². The predicted octanol–water partition coefficient (Wildman–Crippen LogP) is 2.94. The highest BCUT2D eigenvalue weighted by molar-refractivity contribution is 6.32. The van der Waals surface area contributed by atoms with Gasteiger partial charge in [-0.3, -0.25) is 10.0 Å². The highest BCUT2D eigenvalue weighted by Crippen LogP contribution is 2.39. The molecule has 1 N–H and O–H groups in total. The van der Waals surface area contributed by atoms with Crippen LogP contribution in [0.3, 0.4) is 0 Å². The molecule has 0 amide bonds.